The zero-order chi connectivity index (χ0) is 21.5. The van der Waals surface area contributed by atoms with Crippen molar-refractivity contribution in [3.8, 4) is 11.5 Å². The first kappa shape index (κ1) is 21.7. The summed E-state index contributed by atoms with van der Waals surface area (Å²) in [5.74, 6) is -0.516. The van der Waals surface area contributed by atoms with Gasteiger partial charge in [0.1, 0.15) is 13.2 Å². The quantitative estimate of drug-likeness (QED) is 0.456. The predicted octanol–water partition coefficient (Wildman–Crippen LogP) is 5.65. The molecule has 0 saturated carbocycles. The van der Waals surface area contributed by atoms with Crippen LogP contribution < -0.4 is 9.47 Å². The van der Waals surface area contributed by atoms with Crippen molar-refractivity contribution in [3.05, 3.63) is 93.5 Å². The van der Waals surface area contributed by atoms with Crippen molar-refractivity contribution < 1.29 is 19.4 Å². The zero-order valence-electron chi connectivity index (χ0n) is 16.1. The van der Waals surface area contributed by atoms with Crippen LogP contribution in [0.25, 0.3) is 0 Å². The second-order valence-electron chi connectivity index (χ2n) is 6.27. The van der Waals surface area contributed by atoms with Crippen LogP contribution >= 0.6 is 23.2 Å². The van der Waals surface area contributed by atoms with E-state index >= 15 is 0 Å². The Balaban J connectivity index is 1.95. The van der Waals surface area contributed by atoms with E-state index in [1.54, 1.807) is 30.3 Å². The number of halogens is 2. The van der Waals surface area contributed by atoms with E-state index in [4.69, 9.17) is 32.7 Å². The predicted molar refractivity (Wildman–Crippen MR) is 118 cm³/mol. The molecule has 0 aliphatic heterocycles. The number of benzene rings is 3. The summed E-state index contributed by atoms with van der Waals surface area (Å²) in [5, 5.41) is 10.7. The molecular formula is C23H19Cl2NO4. The lowest BCUT2D eigenvalue weighted by molar-refractivity contribution is -0.129. The van der Waals surface area contributed by atoms with Crippen molar-refractivity contribution in [1.29, 1.82) is 0 Å². The van der Waals surface area contributed by atoms with Crippen molar-refractivity contribution in [3.63, 3.8) is 0 Å². The van der Waals surface area contributed by atoms with Crippen LogP contribution in [0.3, 0.4) is 0 Å². The number of carboxylic acids is 1. The Bertz CT molecular complexity index is 1080. The van der Waals surface area contributed by atoms with Crippen LogP contribution in [0.2, 0.25) is 10.0 Å². The molecule has 0 bridgehead atoms. The fourth-order valence-corrected chi connectivity index (χ4v) is 3.21. The number of aliphatic carboxylic acids is 1. The second-order valence-corrected chi connectivity index (χ2v) is 7.08. The first-order chi connectivity index (χ1) is 14.5. The monoisotopic (exact) mass is 443 g/mol. The van der Waals surface area contributed by atoms with E-state index in [0.29, 0.717) is 21.4 Å². The van der Waals surface area contributed by atoms with E-state index in [1.165, 1.54) is 7.05 Å². The molecule has 0 radical (unpaired) electrons. The number of rotatable bonds is 8. The number of ether oxygens (including phenoxy) is 2. The highest BCUT2D eigenvalue weighted by atomic mass is 35.5. The molecule has 5 nitrogen and oxygen atoms in total. The topological polar surface area (TPSA) is 68.1 Å². The summed E-state index contributed by atoms with van der Waals surface area (Å²) in [6.07, 6.45) is 0. The van der Waals surface area contributed by atoms with Crippen LogP contribution in [0, 0.1) is 0 Å². The van der Waals surface area contributed by atoms with Crippen molar-refractivity contribution in [2.45, 2.75) is 13.2 Å². The standard InChI is InChI=1S/C23H19Cl2NO4/c1-26-21(23(27)28)17-9-6-12-20(29-13-15-7-2-4-10-18(15)24)22(17)30-14-16-8-3-5-11-19(16)25/h2-12H,13-14H2,1H3,(H,27,28). The van der Waals surface area contributed by atoms with Crippen LogP contribution in [0.5, 0.6) is 11.5 Å². The largest absolute Gasteiger partial charge is 0.485 e. The molecule has 3 aromatic carbocycles. The van der Waals surface area contributed by atoms with E-state index < -0.39 is 5.97 Å². The summed E-state index contributed by atoms with van der Waals surface area (Å²) in [4.78, 5) is 15.6. The van der Waals surface area contributed by atoms with Crippen molar-refractivity contribution in [2.24, 2.45) is 4.99 Å². The highest BCUT2D eigenvalue weighted by molar-refractivity contribution is 6.43. The van der Waals surface area contributed by atoms with Gasteiger partial charge in [0.25, 0.3) is 0 Å². The Morgan fingerprint density at radius 3 is 1.97 bits per heavy atom. The molecule has 154 valence electrons. The van der Waals surface area contributed by atoms with E-state index in [9.17, 15) is 9.90 Å². The molecule has 3 aromatic rings. The van der Waals surface area contributed by atoms with Gasteiger partial charge in [-0.3, -0.25) is 4.99 Å². The van der Waals surface area contributed by atoms with Gasteiger partial charge in [0, 0.05) is 28.2 Å². The maximum Gasteiger partial charge on any atom is 0.354 e. The molecule has 0 fully saturated rings. The SMILES string of the molecule is CN=C(C(=O)O)c1cccc(OCc2ccccc2Cl)c1OCc1ccccc1Cl. The Kier molecular flexibility index (Phi) is 7.33. The van der Waals surface area contributed by atoms with Crippen LogP contribution in [-0.2, 0) is 18.0 Å². The third-order valence-electron chi connectivity index (χ3n) is 4.33. The van der Waals surface area contributed by atoms with E-state index in [0.717, 1.165) is 11.1 Å². The zero-order valence-corrected chi connectivity index (χ0v) is 17.7. The number of aliphatic imine (C=N–C) groups is 1. The molecule has 0 saturated heterocycles. The number of carbonyl (C=O) groups is 1. The molecule has 0 atom stereocenters. The lowest BCUT2D eigenvalue weighted by atomic mass is 10.1. The van der Waals surface area contributed by atoms with Crippen molar-refractivity contribution >= 4 is 34.9 Å². The fraction of sp³-hybridized carbons (Fsp3) is 0.130. The molecule has 0 heterocycles. The van der Waals surface area contributed by atoms with Gasteiger partial charge in [0.15, 0.2) is 17.2 Å². The summed E-state index contributed by atoms with van der Waals surface area (Å²) < 4.78 is 11.9. The normalized spacial score (nSPS) is 11.2. The average molecular weight is 444 g/mol. The summed E-state index contributed by atoms with van der Waals surface area (Å²) >= 11 is 12.4. The molecule has 0 unspecified atom stereocenters. The summed E-state index contributed by atoms with van der Waals surface area (Å²) in [6, 6.07) is 19.6. The van der Waals surface area contributed by atoms with Gasteiger partial charge in [-0.05, 0) is 24.3 Å². The molecule has 0 aliphatic carbocycles. The van der Waals surface area contributed by atoms with Gasteiger partial charge in [-0.15, -0.1) is 0 Å². The Morgan fingerprint density at radius 1 is 0.867 bits per heavy atom. The molecule has 3 rings (SSSR count). The first-order valence-electron chi connectivity index (χ1n) is 9.07. The van der Waals surface area contributed by atoms with Crippen LogP contribution in [0.15, 0.2) is 71.7 Å². The highest BCUT2D eigenvalue weighted by Crippen LogP contribution is 2.34. The Labute approximate surface area is 184 Å². The smallest absolute Gasteiger partial charge is 0.354 e. The second kappa shape index (κ2) is 10.1. The Hall–Kier alpha value is -3.02. The molecule has 0 aliphatic rings. The highest BCUT2D eigenvalue weighted by Gasteiger charge is 2.21. The van der Waals surface area contributed by atoms with Gasteiger partial charge in [-0.1, -0.05) is 65.7 Å². The molecule has 1 N–H and O–H groups in total. The maximum atomic E-state index is 11.7. The van der Waals surface area contributed by atoms with E-state index in [2.05, 4.69) is 4.99 Å². The number of para-hydroxylation sites is 1. The van der Waals surface area contributed by atoms with Gasteiger partial charge < -0.3 is 14.6 Å². The maximum absolute atomic E-state index is 11.7. The number of nitrogens with zero attached hydrogens (tertiary/aromatic N) is 1. The van der Waals surface area contributed by atoms with Gasteiger partial charge in [0.2, 0.25) is 0 Å². The molecule has 30 heavy (non-hydrogen) atoms. The molecule has 7 heteroatoms. The lowest BCUT2D eigenvalue weighted by Crippen LogP contribution is -2.16. The summed E-state index contributed by atoms with van der Waals surface area (Å²) in [7, 11) is 1.42. The van der Waals surface area contributed by atoms with E-state index in [1.807, 2.05) is 36.4 Å². The molecule has 0 amide bonds. The minimum atomic E-state index is -1.16. The van der Waals surface area contributed by atoms with Gasteiger partial charge in [-0.25, -0.2) is 4.79 Å². The van der Waals surface area contributed by atoms with E-state index in [-0.39, 0.29) is 24.7 Å². The third kappa shape index (κ3) is 5.12. The van der Waals surface area contributed by atoms with Gasteiger partial charge in [-0.2, -0.15) is 0 Å². The Morgan fingerprint density at radius 2 is 1.43 bits per heavy atom. The average Bonchev–Trinajstić information content (AvgIpc) is 2.73. The first-order valence-corrected chi connectivity index (χ1v) is 9.82. The van der Waals surface area contributed by atoms with Gasteiger partial charge >= 0.3 is 5.97 Å². The lowest BCUT2D eigenvalue weighted by Gasteiger charge is -2.17. The van der Waals surface area contributed by atoms with Crippen LogP contribution in [0.1, 0.15) is 16.7 Å². The molecule has 0 spiro atoms. The van der Waals surface area contributed by atoms with Crippen molar-refractivity contribution in [1.82, 2.24) is 0 Å². The van der Waals surface area contributed by atoms with Crippen LogP contribution in [0.4, 0.5) is 0 Å². The minimum absolute atomic E-state index is 0.132. The minimum Gasteiger partial charge on any atom is -0.485 e. The summed E-state index contributed by atoms with van der Waals surface area (Å²) in [6.45, 7) is 0.326. The van der Waals surface area contributed by atoms with Crippen molar-refractivity contribution in [2.75, 3.05) is 7.05 Å². The third-order valence-corrected chi connectivity index (χ3v) is 5.07. The number of carboxylic acid groups (broad SMARTS) is 1. The number of hydrogen-bond acceptors (Lipinski definition) is 4. The van der Waals surface area contributed by atoms with Crippen LogP contribution in [-0.4, -0.2) is 23.8 Å². The molecular weight excluding hydrogens is 425 g/mol. The molecule has 0 aromatic heterocycles. The summed E-state index contributed by atoms with van der Waals surface area (Å²) in [5.41, 5.74) is 1.74. The number of hydrogen-bond donors (Lipinski definition) is 1. The fourth-order valence-electron chi connectivity index (χ4n) is 2.83. The van der Waals surface area contributed by atoms with Gasteiger partial charge in [0.05, 0.1) is 5.56 Å².